The number of hydrogen-bond donors (Lipinski definition) is 1. The molecule has 1 aliphatic heterocycles. The van der Waals surface area contributed by atoms with Crippen LogP contribution in [0.4, 0.5) is 0 Å². The van der Waals surface area contributed by atoms with Gasteiger partial charge in [-0.1, -0.05) is 0 Å². The summed E-state index contributed by atoms with van der Waals surface area (Å²) in [6.07, 6.45) is -2.92. The van der Waals surface area contributed by atoms with Crippen LogP contribution in [0, 0.1) is 5.92 Å². The second-order valence-electron chi connectivity index (χ2n) is 10.7. The normalized spacial score (nSPS) is 22.3. The van der Waals surface area contributed by atoms with Gasteiger partial charge >= 0.3 is 35.8 Å². The molecule has 0 spiro atoms. The molecule has 0 aromatic heterocycles. The van der Waals surface area contributed by atoms with E-state index in [-0.39, 0.29) is 51.4 Å². The Morgan fingerprint density at radius 1 is 0.791 bits per heavy atom. The first kappa shape index (κ1) is 39.7. The molecule has 1 saturated heterocycles. The van der Waals surface area contributed by atoms with Crippen molar-refractivity contribution in [2.24, 2.45) is 5.92 Å². The van der Waals surface area contributed by atoms with E-state index in [2.05, 4.69) is 0 Å². The Hall–Kier alpha value is -3.26. The van der Waals surface area contributed by atoms with Crippen molar-refractivity contribution >= 4 is 35.8 Å². The first-order valence-electron chi connectivity index (χ1n) is 14.3. The highest BCUT2D eigenvalue weighted by atomic mass is 16.6. The Morgan fingerprint density at radius 2 is 1.28 bits per heavy atom. The number of rotatable bonds is 12. The smallest absolute Gasteiger partial charge is 0.312 e. The second kappa shape index (κ2) is 21.4. The summed E-state index contributed by atoms with van der Waals surface area (Å²) in [6.45, 7) is 11.4. The van der Waals surface area contributed by atoms with Crippen LogP contribution in [-0.2, 0) is 61.9 Å². The molecule has 14 heteroatoms. The van der Waals surface area contributed by atoms with Gasteiger partial charge in [-0.15, -0.1) is 0 Å². The lowest BCUT2D eigenvalue weighted by molar-refractivity contribution is -0.166. The molecule has 0 unspecified atom stereocenters. The molecule has 0 aromatic rings. The predicted octanol–water partition coefficient (Wildman–Crippen LogP) is 2.19. The van der Waals surface area contributed by atoms with E-state index in [1.807, 2.05) is 0 Å². The Labute approximate surface area is 253 Å². The minimum absolute atomic E-state index is 0.0120. The molecule has 0 aliphatic carbocycles. The maximum atomic E-state index is 11.8. The molecule has 0 saturated carbocycles. The molecule has 248 valence electrons. The van der Waals surface area contributed by atoms with Gasteiger partial charge in [0.25, 0.3) is 0 Å². The van der Waals surface area contributed by atoms with Gasteiger partial charge in [0.1, 0.15) is 31.0 Å². The van der Waals surface area contributed by atoms with Crippen molar-refractivity contribution in [2.75, 3.05) is 20.3 Å². The first-order chi connectivity index (χ1) is 20.0. The molecule has 0 bridgehead atoms. The van der Waals surface area contributed by atoms with Crippen LogP contribution in [-0.4, -0.2) is 97.9 Å². The number of cyclic esters (lactones) is 3. The number of ether oxygens (including phenoxy) is 7. The first-order valence-corrected chi connectivity index (χ1v) is 14.3. The van der Waals surface area contributed by atoms with Gasteiger partial charge in [0.2, 0.25) is 0 Å². The summed E-state index contributed by atoms with van der Waals surface area (Å²) in [7, 11) is 1.50. The Bertz CT molecular complexity index is 902. The number of aliphatic hydroxyl groups excluding tert-OH is 1. The molecule has 0 amide bonds. The quantitative estimate of drug-likeness (QED) is 0.247. The third-order valence-electron chi connectivity index (χ3n) is 5.68. The lowest BCUT2D eigenvalue weighted by Crippen LogP contribution is -2.30. The molecule has 7 atom stereocenters. The third kappa shape index (κ3) is 21.1. The number of methoxy groups -OCH3 is 1. The molecule has 1 heterocycles. The van der Waals surface area contributed by atoms with Crippen LogP contribution in [0.25, 0.3) is 0 Å². The highest BCUT2D eigenvalue weighted by Crippen LogP contribution is 2.11. The van der Waals surface area contributed by atoms with Crippen LogP contribution in [0.3, 0.4) is 0 Å². The van der Waals surface area contributed by atoms with E-state index in [1.165, 1.54) is 7.11 Å². The number of esters is 6. The Balaban J connectivity index is 0.000000862. The fraction of sp³-hybridized carbons (Fsp3) is 0.793. The number of hydrogen-bond acceptors (Lipinski definition) is 14. The molecule has 1 N–H and O–H groups in total. The van der Waals surface area contributed by atoms with Crippen LogP contribution in [0.2, 0.25) is 0 Å². The third-order valence-corrected chi connectivity index (χ3v) is 5.68. The molecule has 1 rings (SSSR count). The molecule has 1 fully saturated rings. The van der Waals surface area contributed by atoms with Gasteiger partial charge in [0, 0.05) is 13.5 Å². The average Bonchev–Trinajstić information content (AvgIpc) is 2.85. The van der Waals surface area contributed by atoms with Crippen molar-refractivity contribution in [2.45, 2.75) is 124 Å². The van der Waals surface area contributed by atoms with Gasteiger partial charge in [0.15, 0.2) is 0 Å². The van der Waals surface area contributed by atoms with Crippen LogP contribution in [0.5, 0.6) is 0 Å². The summed E-state index contributed by atoms with van der Waals surface area (Å²) in [6, 6.07) is 0. The minimum Gasteiger partial charge on any atom is -0.465 e. The molecule has 0 radical (unpaired) electrons. The van der Waals surface area contributed by atoms with Gasteiger partial charge in [0.05, 0.1) is 56.8 Å². The van der Waals surface area contributed by atoms with E-state index in [4.69, 9.17) is 38.3 Å². The summed E-state index contributed by atoms with van der Waals surface area (Å²) in [5.41, 5.74) is 0. The van der Waals surface area contributed by atoms with Gasteiger partial charge in [-0.2, -0.15) is 0 Å². The maximum Gasteiger partial charge on any atom is 0.312 e. The van der Waals surface area contributed by atoms with Crippen molar-refractivity contribution < 1.29 is 67.0 Å². The summed E-state index contributed by atoms with van der Waals surface area (Å²) in [5, 5.41) is 9.07. The van der Waals surface area contributed by atoms with Crippen molar-refractivity contribution in [1.82, 2.24) is 0 Å². The largest absolute Gasteiger partial charge is 0.465 e. The Kier molecular flexibility index (Phi) is 19.8. The minimum atomic E-state index is -0.650. The highest BCUT2D eigenvalue weighted by molar-refractivity contribution is 5.76. The monoisotopic (exact) mass is 620 g/mol. The van der Waals surface area contributed by atoms with Crippen LogP contribution in [0.15, 0.2) is 0 Å². The average molecular weight is 621 g/mol. The standard InChI is InChI=1S/C17H30O8.C12H18O6/c1-11(18)6-7-23-15(19)9-13(3)24-17(21)10-14(4)25-16(20)8-12(2)22-5;1-7-6-16-10(13)4-8(2)17-11(14)5-9(3)18-12(7)15/h11-14,18H,6-10H2,1-5H3;7-9H,4-6H2,1-3H3/t11-,12-,13-,14-;7-,8+,9+/m10/s1. The van der Waals surface area contributed by atoms with Crippen molar-refractivity contribution in [3.8, 4) is 0 Å². The Morgan fingerprint density at radius 3 is 1.81 bits per heavy atom. The van der Waals surface area contributed by atoms with Crippen LogP contribution < -0.4 is 0 Å². The zero-order chi connectivity index (χ0) is 33.1. The number of carbonyl (C=O) groups is 6. The molecule has 43 heavy (non-hydrogen) atoms. The number of aliphatic hydroxyl groups is 1. The summed E-state index contributed by atoms with van der Waals surface area (Å²) < 4.78 is 35.0. The molecular formula is C29H48O14. The second-order valence-corrected chi connectivity index (χ2v) is 10.7. The van der Waals surface area contributed by atoms with Crippen molar-refractivity contribution in [1.29, 1.82) is 0 Å². The van der Waals surface area contributed by atoms with E-state index in [9.17, 15) is 28.8 Å². The molecular weight excluding hydrogens is 572 g/mol. The molecule has 0 aromatic carbocycles. The summed E-state index contributed by atoms with van der Waals surface area (Å²) in [5.74, 6) is -3.55. The van der Waals surface area contributed by atoms with E-state index >= 15 is 0 Å². The zero-order valence-corrected chi connectivity index (χ0v) is 26.5. The van der Waals surface area contributed by atoms with Crippen LogP contribution >= 0.6 is 0 Å². The number of carbonyl (C=O) groups excluding carboxylic acids is 6. The highest BCUT2D eigenvalue weighted by Gasteiger charge is 2.25. The van der Waals surface area contributed by atoms with E-state index < -0.39 is 72.3 Å². The van der Waals surface area contributed by atoms with Crippen molar-refractivity contribution in [3.05, 3.63) is 0 Å². The zero-order valence-electron chi connectivity index (χ0n) is 26.5. The van der Waals surface area contributed by atoms with Gasteiger partial charge < -0.3 is 38.3 Å². The molecule has 1 aliphatic rings. The summed E-state index contributed by atoms with van der Waals surface area (Å²) >= 11 is 0. The van der Waals surface area contributed by atoms with Gasteiger partial charge in [-0.25, -0.2) is 0 Å². The maximum absolute atomic E-state index is 11.8. The fourth-order valence-corrected chi connectivity index (χ4v) is 3.30. The van der Waals surface area contributed by atoms with Crippen LogP contribution in [0.1, 0.15) is 87.0 Å². The lowest BCUT2D eigenvalue weighted by atomic mass is 10.2. The SMILES string of the molecule is CO[C@H](C)CC(=O)O[C@H](C)CC(=O)O[C@H](C)CC(=O)OCC[C@@H](C)O.C[C@@H]1CC(=O)OC[C@H](C)C(=O)O[C@H](C)CC(=O)O1. The summed E-state index contributed by atoms with van der Waals surface area (Å²) in [4.78, 5) is 69.3. The van der Waals surface area contributed by atoms with E-state index in [0.717, 1.165) is 0 Å². The van der Waals surface area contributed by atoms with Gasteiger partial charge in [-0.3, -0.25) is 28.8 Å². The van der Waals surface area contributed by atoms with E-state index in [1.54, 1.807) is 48.5 Å². The fourth-order valence-electron chi connectivity index (χ4n) is 3.30. The van der Waals surface area contributed by atoms with E-state index in [0.29, 0.717) is 6.42 Å². The topological polar surface area (TPSA) is 187 Å². The lowest BCUT2D eigenvalue weighted by Gasteiger charge is -2.20. The van der Waals surface area contributed by atoms with Crippen molar-refractivity contribution in [3.63, 3.8) is 0 Å². The van der Waals surface area contributed by atoms with Gasteiger partial charge in [-0.05, 0) is 48.5 Å². The molecule has 14 nitrogen and oxygen atoms in total. The predicted molar refractivity (Wildman–Crippen MR) is 149 cm³/mol.